The second-order valence-electron chi connectivity index (χ2n) is 5.52. The number of rotatable bonds is 8. The van der Waals surface area contributed by atoms with Crippen LogP contribution in [-0.4, -0.2) is 17.3 Å². The van der Waals surface area contributed by atoms with Crippen LogP contribution in [0.5, 0.6) is 0 Å². The Bertz CT molecular complexity index is 554. The minimum Gasteiger partial charge on any atom is -0.481 e. The highest BCUT2D eigenvalue weighted by molar-refractivity contribution is 5.74. The van der Waals surface area contributed by atoms with Gasteiger partial charge in [0.15, 0.2) is 0 Å². The van der Waals surface area contributed by atoms with Crippen LogP contribution in [0.25, 0.3) is 0 Å². The second-order valence-corrected chi connectivity index (χ2v) is 5.52. The van der Waals surface area contributed by atoms with E-state index in [-0.39, 0.29) is 12.3 Å². The Morgan fingerprint density at radius 1 is 0.955 bits per heavy atom. The fourth-order valence-electron chi connectivity index (χ4n) is 2.81. The largest absolute Gasteiger partial charge is 0.481 e. The van der Waals surface area contributed by atoms with Crippen LogP contribution in [0.1, 0.15) is 17.5 Å². The summed E-state index contributed by atoms with van der Waals surface area (Å²) in [6.45, 7) is 0. The highest BCUT2D eigenvalue weighted by Crippen LogP contribution is 2.25. The molecule has 114 valence electrons. The van der Waals surface area contributed by atoms with Crippen molar-refractivity contribution in [2.45, 2.75) is 19.3 Å². The van der Waals surface area contributed by atoms with Gasteiger partial charge < -0.3 is 10.5 Å². The van der Waals surface area contributed by atoms with E-state index in [2.05, 4.69) is 0 Å². The molecule has 3 heteroatoms. The molecule has 3 nitrogen and oxygen atoms in total. The molecule has 0 spiro atoms. The number of aliphatic carboxylic acids is 1. The van der Waals surface area contributed by atoms with Crippen molar-refractivity contribution >= 4 is 12.2 Å². The third-order valence-corrected chi connectivity index (χ3v) is 3.94. The summed E-state index contributed by atoms with van der Waals surface area (Å²) in [6.07, 6.45) is 2.91. The molecular weight excluding hydrogens is 274 g/mol. The van der Waals surface area contributed by atoms with Crippen LogP contribution in [-0.2, 0) is 17.6 Å². The summed E-state index contributed by atoms with van der Waals surface area (Å²) >= 11 is 0. The Balaban J connectivity index is 2.22. The summed E-state index contributed by atoms with van der Waals surface area (Å²) in [5.74, 6) is -1.37. The molecule has 0 heterocycles. The molecule has 0 aromatic heterocycles. The standard InChI is InChI=1S/C19H21NO2/c20-12-11-18(19(21)22)17(13-15-7-3-1-4-8-15)14-16-9-5-2-6-10-16/h1-10,12,17-18,20H,11,13-14H2,(H,21,22). The fourth-order valence-corrected chi connectivity index (χ4v) is 2.81. The molecule has 0 radical (unpaired) electrons. The van der Waals surface area contributed by atoms with E-state index in [1.165, 1.54) is 6.21 Å². The zero-order valence-electron chi connectivity index (χ0n) is 12.5. The average Bonchev–Trinajstić information content (AvgIpc) is 2.54. The molecule has 2 N–H and O–H groups in total. The van der Waals surface area contributed by atoms with E-state index in [0.29, 0.717) is 12.8 Å². The van der Waals surface area contributed by atoms with Gasteiger partial charge in [0.25, 0.3) is 0 Å². The molecule has 2 aromatic carbocycles. The van der Waals surface area contributed by atoms with Gasteiger partial charge in [0.1, 0.15) is 0 Å². The molecule has 0 bridgehead atoms. The van der Waals surface area contributed by atoms with Crippen LogP contribution in [0.2, 0.25) is 0 Å². The molecule has 2 rings (SSSR count). The van der Waals surface area contributed by atoms with E-state index in [0.717, 1.165) is 11.1 Å². The first-order valence-corrected chi connectivity index (χ1v) is 7.50. The lowest BCUT2D eigenvalue weighted by Crippen LogP contribution is -2.27. The van der Waals surface area contributed by atoms with Crippen LogP contribution >= 0.6 is 0 Å². The SMILES string of the molecule is N=CCC(C(=O)O)C(Cc1ccccc1)Cc1ccccc1. The topological polar surface area (TPSA) is 61.2 Å². The molecule has 0 aliphatic rings. The van der Waals surface area contributed by atoms with Crippen molar-refractivity contribution in [2.75, 3.05) is 0 Å². The van der Waals surface area contributed by atoms with Crippen molar-refractivity contribution in [3.63, 3.8) is 0 Å². The first-order valence-electron chi connectivity index (χ1n) is 7.50. The van der Waals surface area contributed by atoms with Gasteiger partial charge in [-0.15, -0.1) is 0 Å². The second kappa shape index (κ2) is 8.13. The van der Waals surface area contributed by atoms with Gasteiger partial charge >= 0.3 is 5.97 Å². The van der Waals surface area contributed by atoms with E-state index in [9.17, 15) is 9.90 Å². The number of nitrogens with one attached hydrogen (secondary N) is 1. The quantitative estimate of drug-likeness (QED) is 0.727. The first-order chi connectivity index (χ1) is 10.7. The molecule has 22 heavy (non-hydrogen) atoms. The van der Waals surface area contributed by atoms with Crippen LogP contribution in [0.4, 0.5) is 0 Å². The van der Waals surface area contributed by atoms with Gasteiger partial charge in [0.2, 0.25) is 0 Å². The predicted octanol–water partition coefficient (Wildman–Crippen LogP) is 3.83. The normalized spacial score (nSPS) is 12.0. The summed E-state index contributed by atoms with van der Waals surface area (Å²) in [4.78, 5) is 11.6. The van der Waals surface area contributed by atoms with Crippen molar-refractivity contribution in [2.24, 2.45) is 11.8 Å². The monoisotopic (exact) mass is 295 g/mol. The summed E-state index contributed by atoms with van der Waals surface area (Å²) in [5, 5.41) is 16.8. The maximum atomic E-state index is 11.6. The van der Waals surface area contributed by atoms with Gasteiger partial charge in [0.05, 0.1) is 5.92 Å². The van der Waals surface area contributed by atoms with Crippen molar-refractivity contribution in [1.29, 1.82) is 5.41 Å². The first kappa shape index (κ1) is 16.0. The summed E-state index contributed by atoms with van der Waals surface area (Å²) in [5.41, 5.74) is 2.28. The maximum absolute atomic E-state index is 11.6. The summed E-state index contributed by atoms with van der Waals surface area (Å²) in [6, 6.07) is 19.9. The average molecular weight is 295 g/mol. The molecule has 1 atom stereocenters. The molecule has 1 unspecified atom stereocenters. The molecule has 0 aliphatic carbocycles. The third kappa shape index (κ3) is 4.55. The Morgan fingerprint density at radius 2 is 1.41 bits per heavy atom. The Morgan fingerprint density at radius 3 is 1.77 bits per heavy atom. The molecule has 0 aliphatic heterocycles. The molecule has 0 fully saturated rings. The number of carboxylic acids is 1. The highest BCUT2D eigenvalue weighted by atomic mass is 16.4. The fraction of sp³-hybridized carbons (Fsp3) is 0.263. The maximum Gasteiger partial charge on any atom is 0.307 e. The number of carboxylic acid groups (broad SMARTS) is 1. The summed E-state index contributed by atoms with van der Waals surface area (Å²) < 4.78 is 0. The van der Waals surface area contributed by atoms with E-state index in [4.69, 9.17) is 5.41 Å². The van der Waals surface area contributed by atoms with Gasteiger partial charge in [-0.1, -0.05) is 60.7 Å². The van der Waals surface area contributed by atoms with Gasteiger partial charge in [-0.2, -0.15) is 0 Å². The predicted molar refractivity (Wildman–Crippen MR) is 88.3 cm³/mol. The van der Waals surface area contributed by atoms with Crippen LogP contribution in [0, 0.1) is 17.2 Å². The lowest BCUT2D eigenvalue weighted by molar-refractivity contribution is -0.143. The molecule has 2 aromatic rings. The number of hydrogen-bond donors (Lipinski definition) is 2. The molecular formula is C19H21NO2. The lowest BCUT2D eigenvalue weighted by atomic mass is 9.81. The van der Waals surface area contributed by atoms with Crippen LogP contribution in [0.3, 0.4) is 0 Å². The van der Waals surface area contributed by atoms with E-state index >= 15 is 0 Å². The van der Waals surface area contributed by atoms with Crippen LogP contribution < -0.4 is 0 Å². The van der Waals surface area contributed by atoms with Gasteiger partial charge in [-0.25, -0.2) is 0 Å². The minimum absolute atomic E-state index is 0.0242. The van der Waals surface area contributed by atoms with Gasteiger partial charge in [0, 0.05) is 0 Å². The Hall–Kier alpha value is -2.42. The molecule has 0 amide bonds. The number of carbonyl (C=O) groups is 1. The molecule has 0 saturated carbocycles. The van der Waals surface area contributed by atoms with E-state index < -0.39 is 11.9 Å². The minimum atomic E-state index is -0.819. The van der Waals surface area contributed by atoms with Crippen molar-refractivity contribution in [3.8, 4) is 0 Å². The Labute approximate surface area is 131 Å². The van der Waals surface area contributed by atoms with Gasteiger partial charge in [-0.3, -0.25) is 4.79 Å². The smallest absolute Gasteiger partial charge is 0.307 e. The zero-order chi connectivity index (χ0) is 15.8. The lowest BCUT2D eigenvalue weighted by Gasteiger charge is -2.23. The van der Waals surface area contributed by atoms with E-state index in [1.807, 2.05) is 60.7 Å². The van der Waals surface area contributed by atoms with E-state index in [1.54, 1.807) is 0 Å². The zero-order valence-corrected chi connectivity index (χ0v) is 12.5. The highest BCUT2D eigenvalue weighted by Gasteiger charge is 2.27. The van der Waals surface area contributed by atoms with Crippen molar-refractivity contribution in [1.82, 2.24) is 0 Å². The van der Waals surface area contributed by atoms with Crippen LogP contribution in [0.15, 0.2) is 60.7 Å². The molecule has 0 saturated heterocycles. The van der Waals surface area contributed by atoms with Crippen molar-refractivity contribution in [3.05, 3.63) is 71.8 Å². The third-order valence-electron chi connectivity index (χ3n) is 3.94. The Kier molecular flexibility index (Phi) is 5.90. The van der Waals surface area contributed by atoms with Gasteiger partial charge in [-0.05, 0) is 42.5 Å². The number of hydrogen-bond acceptors (Lipinski definition) is 2. The van der Waals surface area contributed by atoms with Crippen molar-refractivity contribution < 1.29 is 9.90 Å². The summed E-state index contributed by atoms with van der Waals surface area (Å²) in [7, 11) is 0. The number of benzene rings is 2.